The van der Waals surface area contributed by atoms with Crippen LogP contribution < -0.4 is 9.47 Å². The molecule has 2 aromatic rings. The predicted molar refractivity (Wildman–Crippen MR) is 72.2 cm³/mol. The minimum absolute atomic E-state index is 0.0405. The molecule has 0 aliphatic heterocycles. The molecule has 0 radical (unpaired) electrons. The van der Waals surface area contributed by atoms with Crippen LogP contribution >= 0.6 is 0 Å². The molecule has 0 saturated carbocycles. The summed E-state index contributed by atoms with van der Waals surface area (Å²) >= 11 is 0. The third-order valence-electron chi connectivity index (χ3n) is 2.88. The molecule has 0 unspecified atom stereocenters. The van der Waals surface area contributed by atoms with Crippen molar-refractivity contribution in [1.82, 2.24) is 4.98 Å². The van der Waals surface area contributed by atoms with Crippen LogP contribution in [0.1, 0.15) is 16.7 Å². The van der Waals surface area contributed by atoms with Gasteiger partial charge in [0.1, 0.15) is 12.4 Å². The largest absolute Gasteiger partial charge is 0.488 e. The first-order valence-corrected chi connectivity index (χ1v) is 6.06. The second-order valence-electron chi connectivity index (χ2n) is 4.18. The summed E-state index contributed by atoms with van der Waals surface area (Å²) < 4.78 is 11.0. The van der Waals surface area contributed by atoms with Crippen LogP contribution in [0.5, 0.6) is 11.6 Å². The van der Waals surface area contributed by atoms with Gasteiger partial charge in [0.15, 0.2) is 0 Å². The minimum Gasteiger partial charge on any atom is -0.488 e. The SMILES string of the molecule is COc1ncccc1COc1c(C)cccc1CO. The molecule has 19 heavy (non-hydrogen) atoms. The normalized spacial score (nSPS) is 10.3. The van der Waals surface area contributed by atoms with E-state index < -0.39 is 0 Å². The Kier molecular flexibility index (Phi) is 4.36. The number of hydrogen-bond donors (Lipinski definition) is 1. The Bertz CT molecular complexity index is 555. The molecule has 0 aliphatic rings. The molecule has 4 heteroatoms. The highest BCUT2D eigenvalue weighted by molar-refractivity contribution is 5.40. The summed E-state index contributed by atoms with van der Waals surface area (Å²) in [4.78, 5) is 4.12. The number of aromatic nitrogens is 1. The van der Waals surface area contributed by atoms with E-state index in [1.807, 2.05) is 37.3 Å². The molecule has 4 nitrogen and oxygen atoms in total. The van der Waals surface area contributed by atoms with Gasteiger partial charge in [0.2, 0.25) is 5.88 Å². The van der Waals surface area contributed by atoms with E-state index in [9.17, 15) is 5.11 Å². The first-order chi connectivity index (χ1) is 9.26. The maximum Gasteiger partial charge on any atom is 0.219 e. The van der Waals surface area contributed by atoms with E-state index in [-0.39, 0.29) is 6.61 Å². The number of hydrogen-bond acceptors (Lipinski definition) is 4. The molecule has 0 bridgehead atoms. The van der Waals surface area contributed by atoms with Crippen LogP contribution in [-0.4, -0.2) is 17.2 Å². The number of aliphatic hydroxyl groups is 1. The first kappa shape index (κ1) is 13.4. The first-order valence-electron chi connectivity index (χ1n) is 6.06. The van der Waals surface area contributed by atoms with Crippen LogP contribution in [0.2, 0.25) is 0 Å². The molecule has 100 valence electrons. The molecule has 1 N–H and O–H groups in total. The van der Waals surface area contributed by atoms with Gasteiger partial charge >= 0.3 is 0 Å². The summed E-state index contributed by atoms with van der Waals surface area (Å²) in [6.07, 6.45) is 1.68. The van der Waals surface area contributed by atoms with Gasteiger partial charge < -0.3 is 14.6 Å². The summed E-state index contributed by atoms with van der Waals surface area (Å²) in [5.41, 5.74) is 2.65. The van der Waals surface area contributed by atoms with Crippen molar-refractivity contribution in [3.8, 4) is 11.6 Å². The van der Waals surface area contributed by atoms with E-state index in [1.54, 1.807) is 13.3 Å². The number of benzene rings is 1. The summed E-state index contributed by atoms with van der Waals surface area (Å²) in [7, 11) is 1.58. The van der Waals surface area contributed by atoms with Crippen molar-refractivity contribution in [3.63, 3.8) is 0 Å². The van der Waals surface area contributed by atoms with E-state index in [1.165, 1.54) is 0 Å². The Hall–Kier alpha value is -2.07. The molecule has 0 fully saturated rings. The van der Waals surface area contributed by atoms with Gasteiger partial charge in [-0.2, -0.15) is 0 Å². The lowest BCUT2D eigenvalue weighted by molar-refractivity contribution is 0.255. The van der Waals surface area contributed by atoms with E-state index in [4.69, 9.17) is 9.47 Å². The number of para-hydroxylation sites is 1. The van der Waals surface area contributed by atoms with Crippen molar-refractivity contribution >= 4 is 0 Å². The van der Waals surface area contributed by atoms with Crippen LogP contribution in [0, 0.1) is 6.92 Å². The van der Waals surface area contributed by atoms with E-state index >= 15 is 0 Å². The van der Waals surface area contributed by atoms with Crippen LogP contribution in [0.15, 0.2) is 36.5 Å². The molecule has 0 saturated heterocycles. The number of rotatable bonds is 5. The zero-order valence-electron chi connectivity index (χ0n) is 11.1. The summed E-state index contributed by atoms with van der Waals surface area (Å²) in [5.74, 6) is 1.28. The van der Waals surface area contributed by atoms with Crippen LogP contribution in [0.3, 0.4) is 0 Å². The molecule has 0 aliphatic carbocycles. The molecule has 1 aromatic carbocycles. The Morgan fingerprint density at radius 1 is 1.16 bits per heavy atom. The van der Waals surface area contributed by atoms with Crippen molar-refractivity contribution in [2.45, 2.75) is 20.1 Å². The fourth-order valence-electron chi connectivity index (χ4n) is 1.91. The molecular weight excluding hydrogens is 242 g/mol. The Morgan fingerprint density at radius 3 is 2.68 bits per heavy atom. The lowest BCUT2D eigenvalue weighted by Gasteiger charge is -2.14. The van der Waals surface area contributed by atoms with E-state index in [0.29, 0.717) is 12.5 Å². The zero-order chi connectivity index (χ0) is 13.7. The quantitative estimate of drug-likeness (QED) is 0.896. The van der Waals surface area contributed by atoms with Crippen LogP contribution in [-0.2, 0) is 13.2 Å². The lowest BCUT2D eigenvalue weighted by Crippen LogP contribution is -2.03. The molecule has 2 rings (SSSR count). The summed E-state index contributed by atoms with van der Waals surface area (Å²) in [6, 6.07) is 9.45. The van der Waals surface area contributed by atoms with Gasteiger partial charge in [-0.15, -0.1) is 0 Å². The van der Waals surface area contributed by atoms with Gasteiger partial charge in [0.05, 0.1) is 19.3 Å². The maximum absolute atomic E-state index is 9.32. The highest BCUT2D eigenvalue weighted by Gasteiger charge is 2.09. The van der Waals surface area contributed by atoms with Crippen molar-refractivity contribution in [3.05, 3.63) is 53.2 Å². The average molecular weight is 259 g/mol. The van der Waals surface area contributed by atoms with Crippen molar-refractivity contribution in [1.29, 1.82) is 0 Å². The third-order valence-corrected chi connectivity index (χ3v) is 2.88. The van der Waals surface area contributed by atoms with Gasteiger partial charge in [-0.3, -0.25) is 0 Å². The van der Waals surface area contributed by atoms with Gasteiger partial charge in [-0.1, -0.05) is 18.2 Å². The second kappa shape index (κ2) is 6.20. The number of aryl methyl sites for hydroxylation is 1. The average Bonchev–Trinajstić information content (AvgIpc) is 2.46. The standard InChI is InChI=1S/C15H17NO3/c1-11-5-3-6-12(9-17)14(11)19-10-13-7-4-8-16-15(13)18-2/h3-8,17H,9-10H2,1-2H3. The Labute approximate surface area is 112 Å². The minimum atomic E-state index is -0.0405. The number of aliphatic hydroxyl groups excluding tert-OH is 1. The fourth-order valence-corrected chi connectivity index (χ4v) is 1.91. The Balaban J connectivity index is 2.19. The molecule has 0 amide bonds. The van der Waals surface area contributed by atoms with Crippen LogP contribution in [0.4, 0.5) is 0 Å². The van der Waals surface area contributed by atoms with Gasteiger partial charge in [-0.25, -0.2) is 4.98 Å². The van der Waals surface area contributed by atoms with Gasteiger partial charge in [-0.05, 0) is 24.6 Å². The monoisotopic (exact) mass is 259 g/mol. The van der Waals surface area contributed by atoms with E-state index in [2.05, 4.69) is 4.98 Å². The number of pyridine rings is 1. The van der Waals surface area contributed by atoms with Crippen molar-refractivity contribution < 1.29 is 14.6 Å². The highest BCUT2D eigenvalue weighted by atomic mass is 16.5. The molecular formula is C15H17NO3. The van der Waals surface area contributed by atoms with E-state index in [0.717, 1.165) is 22.4 Å². The number of methoxy groups -OCH3 is 1. The molecule has 0 spiro atoms. The Morgan fingerprint density at radius 2 is 1.95 bits per heavy atom. The topological polar surface area (TPSA) is 51.6 Å². The molecule has 1 aromatic heterocycles. The summed E-state index contributed by atoms with van der Waals surface area (Å²) in [5, 5.41) is 9.32. The summed E-state index contributed by atoms with van der Waals surface area (Å²) in [6.45, 7) is 2.27. The van der Waals surface area contributed by atoms with Gasteiger partial charge in [0.25, 0.3) is 0 Å². The maximum atomic E-state index is 9.32. The third kappa shape index (κ3) is 3.03. The smallest absolute Gasteiger partial charge is 0.219 e. The second-order valence-corrected chi connectivity index (χ2v) is 4.18. The molecule has 0 atom stereocenters. The van der Waals surface area contributed by atoms with Crippen molar-refractivity contribution in [2.75, 3.05) is 7.11 Å². The van der Waals surface area contributed by atoms with Crippen molar-refractivity contribution in [2.24, 2.45) is 0 Å². The number of ether oxygens (including phenoxy) is 2. The number of nitrogens with zero attached hydrogens (tertiary/aromatic N) is 1. The van der Waals surface area contributed by atoms with Crippen LogP contribution in [0.25, 0.3) is 0 Å². The molecule has 1 heterocycles. The fraction of sp³-hybridized carbons (Fsp3) is 0.267. The predicted octanol–water partition coefficient (Wildman–Crippen LogP) is 2.47. The van der Waals surface area contributed by atoms with Gasteiger partial charge in [0, 0.05) is 11.8 Å². The highest BCUT2D eigenvalue weighted by Crippen LogP contribution is 2.25. The lowest BCUT2D eigenvalue weighted by atomic mass is 10.1. The zero-order valence-corrected chi connectivity index (χ0v) is 11.1.